The molecule has 0 atom stereocenters. The first-order valence-electron chi connectivity index (χ1n) is 8.23. The summed E-state index contributed by atoms with van der Waals surface area (Å²) in [6.45, 7) is -2.61. The number of halogens is 2. The van der Waals surface area contributed by atoms with Gasteiger partial charge in [0.05, 0.1) is 0 Å². The van der Waals surface area contributed by atoms with Gasteiger partial charge in [-0.3, -0.25) is 9.59 Å². The lowest BCUT2D eigenvalue weighted by Gasteiger charge is -2.08. The van der Waals surface area contributed by atoms with Gasteiger partial charge in [-0.05, 0) is 41.5 Å². The normalized spacial score (nSPS) is 10.7. The number of nitrogens with two attached hydrogens (primary N) is 1. The standard InChI is InChI=1S/C20H16F2N2O4/c21-20(22)28-16-7-3-13(4-8-16)12-1-5-15(6-2-12)24-10-14-9-17(11-25)27-18(14)19(23)26/h1-9,11,20,24H,10H2,(H2,23,26). The first-order valence-corrected chi connectivity index (χ1v) is 8.23. The number of rotatable bonds is 8. The van der Waals surface area contributed by atoms with Crippen molar-refractivity contribution < 1.29 is 27.5 Å². The van der Waals surface area contributed by atoms with Crippen LogP contribution in [0.3, 0.4) is 0 Å². The molecule has 1 amide bonds. The minimum Gasteiger partial charge on any atom is -0.448 e. The molecule has 8 heteroatoms. The summed E-state index contributed by atoms with van der Waals surface area (Å²) in [5, 5.41) is 3.12. The van der Waals surface area contributed by atoms with Gasteiger partial charge in [-0.1, -0.05) is 24.3 Å². The van der Waals surface area contributed by atoms with Crippen molar-refractivity contribution in [2.45, 2.75) is 13.2 Å². The molecule has 144 valence electrons. The van der Waals surface area contributed by atoms with Crippen LogP contribution in [0.2, 0.25) is 0 Å². The van der Waals surface area contributed by atoms with Gasteiger partial charge in [-0.2, -0.15) is 8.78 Å². The van der Waals surface area contributed by atoms with Crippen LogP contribution >= 0.6 is 0 Å². The molecular weight excluding hydrogens is 370 g/mol. The zero-order chi connectivity index (χ0) is 20.1. The highest BCUT2D eigenvalue weighted by atomic mass is 19.3. The highest BCUT2D eigenvalue weighted by molar-refractivity contribution is 5.92. The molecule has 0 unspecified atom stereocenters. The number of ether oxygens (including phenoxy) is 1. The maximum atomic E-state index is 12.2. The van der Waals surface area contributed by atoms with Crippen molar-refractivity contribution in [2.75, 3.05) is 5.32 Å². The fourth-order valence-corrected chi connectivity index (χ4v) is 2.65. The summed E-state index contributed by atoms with van der Waals surface area (Å²) < 4.78 is 33.8. The van der Waals surface area contributed by atoms with Crippen LogP contribution < -0.4 is 15.8 Å². The molecule has 1 heterocycles. The van der Waals surface area contributed by atoms with E-state index in [1.807, 2.05) is 24.3 Å². The van der Waals surface area contributed by atoms with Crippen molar-refractivity contribution in [3.63, 3.8) is 0 Å². The second-order valence-electron chi connectivity index (χ2n) is 5.82. The van der Waals surface area contributed by atoms with Crippen LogP contribution in [0.15, 0.2) is 59.0 Å². The quantitative estimate of drug-likeness (QED) is 0.569. The van der Waals surface area contributed by atoms with Gasteiger partial charge in [-0.15, -0.1) is 0 Å². The molecule has 0 radical (unpaired) electrons. The fourth-order valence-electron chi connectivity index (χ4n) is 2.65. The molecule has 0 fully saturated rings. The van der Waals surface area contributed by atoms with Crippen LogP contribution in [0.4, 0.5) is 14.5 Å². The Morgan fingerprint density at radius 1 is 1.11 bits per heavy atom. The van der Waals surface area contributed by atoms with Crippen molar-refractivity contribution in [1.82, 2.24) is 0 Å². The van der Waals surface area contributed by atoms with Gasteiger partial charge in [0.15, 0.2) is 17.8 Å². The number of furan rings is 1. The van der Waals surface area contributed by atoms with Crippen LogP contribution in [0.25, 0.3) is 11.1 Å². The molecule has 0 saturated heterocycles. The van der Waals surface area contributed by atoms with Crippen molar-refractivity contribution >= 4 is 17.9 Å². The monoisotopic (exact) mass is 386 g/mol. The number of amides is 1. The zero-order valence-electron chi connectivity index (χ0n) is 14.5. The summed E-state index contributed by atoms with van der Waals surface area (Å²) in [5.74, 6) is -0.686. The van der Waals surface area contributed by atoms with Gasteiger partial charge in [0.1, 0.15) is 5.75 Å². The number of alkyl halides is 2. The number of benzene rings is 2. The molecule has 0 aliphatic heterocycles. The van der Waals surface area contributed by atoms with Gasteiger partial charge in [-0.25, -0.2) is 0 Å². The highest BCUT2D eigenvalue weighted by Gasteiger charge is 2.15. The SMILES string of the molecule is NC(=O)c1oc(C=O)cc1CNc1ccc(-c2ccc(OC(F)F)cc2)cc1. The van der Waals surface area contributed by atoms with E-state index in [2.05, 4.69) is 10.1 Å². The topological polar surface area (TPSA) is 94.6 Å². The van der Waals surface area contributed by atoms with E-state index in [9.17, 15) is 18.4 Å². The summed E-state index contributed by atoms with van der Waals surface area (Å²) in [7, 11) is 0. The lowest BCUT2D eigenvalue weighted by Crippen LogP contribution is -2.13. The molecule has 3 N–H and O–H groups in total. The third-order valence-corrected chi connectivity index (χ3v) is 3.95. The Morgan fingerprint density at radius 2 is 1.71 bits per heavy atom. The number of anilines is 1. The largest absolute Gasteiger partial charge is 0.448 e. The fraction of sp³-hybridized carbons (Fsp3) is 0.100. The molecule has 1 aromatic heterocycles. The minimum atomic E-state index is -2.86. The Kier molecular flexibility index (Phi) is 5.69. The lowest BCUT2D eigenvalue weighted by atomic mass is 10.1. The summed E-state index contributed by atoms with van der Waals surface area (Å²) in [6.07, 6.45) is 0.502. The first-order chi connectivity index (χ1) is 13.5. The number of aldehydes is 1. The Hall–Kier alpha value is -3.68. The van der Waals surface area contributed by atoms with Crippen LogP contribution in [-0.2, 0) is 6.54 Å². The van der Waals surface area contributed by atoms with Gasteiger partial charge in [0.25, 0.3) is 5.91 Å². The summed E-state index contributed by atoms with van der Waals surface area (Å²) in [5.41, 5.74) is 8.22. The Bertz CT molecular complexity index is 967. The summed E-state index contributed by atoms with van der Waals surface area (Å²) in [6, 6.07) is 15.1. The Balaban J connectivity index is 1.67. The molecule has 28 heavy (non-hydrogen) atoms. The number of hydrogen-bond donors (Lipinski definition) is 2. The van der Waals surface area contributed by atoms with Crippen molar-refractivity contribution in [2.24, 2.45) is 5.73 Å². The third-order valence-electron chi connectivity index (χ3n) is 3.95. The van der Waals surface area contributed by atoms with Gasteiger partial charge in [0.2, 0.25) is 0 Å². The molecular formula is C20H16F2N2O4. The van der Waals surface area contributed by atoms with Gasteiger partial charge in [0, 0.05) is 17.8 Å². The van der Waals surface area contributed by atoms with Crippen LogP contribution in [0, 0.1) is 0 Å². The molecule has 0 saturated carbocycles. The van der Waals surface area contributed by atoms with E-state index >= 15 is 0 Å². The van der Waals surface area contributed by atoms with Crippen molar-refractivity contribution in [3.05, 3.63) is 71.7 Å². The van der Waals surface area contributed by atoms with E-state index in [4.69, 9.17) is 10.2 Å². The third kappa shape index (κ3) is 4.53. The summed E-state index contributed by atoms with van der Waals surface area (Å²) >= 11 is 0. The predicted molar refractivity (Wildman–Crippen MR) is 98.5 cm³/mol. The molecule has 6 nitrogen and oxygen atoms in total. The van der Waals surface area contributed by atoms with Gasteiger partial charge >= 0.3 is 6.61 Å². The average Bonchev–Trinajstić information content (AvgIpc) is 3.11. The molecule has 2 aromatic carbocycles. The second-order valence-corrected chi connectivity index (χ2v) is 5.82. The van der Waals surface area contributed by atoms with Crippen LogP contribution in [0.5, 0.6) is 5.75 Å². The van der Waals surface area contributed by atoms with Crippen LogP contribution in [-0.4, -0.2) is 18.8 Å². The second kappa shape index (κ2) is 8.34. The van der Waals surface area contributed by atoms with E-state index in [1.165, 1.54) is 18.2 Å². The number of carbonyl (C=O) groups excluding carboxylic acids is 2. The number of primary amides is 1. The first kappa shape index (κ1) is 19.1. The van der Waals surface area contributed by atoms with Crippen LogP contribution in [0.1, 0.15) is 26.7 Å². The maximum Gasteiger partial charge on any atom is 0.387 e. The number of carbonyl (C=O) groups is 2. The maximum absolute atomic E-state index is 12.2. The van der Waals surface area contributed by atoms with Crippen molar-refractivity contribution in [3.8, 4) is 16.9 Å². The van der Waals surface area contributed by atoms with E-state index in [-0.39, 0.29) is 23.8 Å². The molecule has 0 spiro atoms. The molecule has 3 rings (SSSR count). The smallest absolute Gasteiger partial charge is 0.387 e. The molecule has 3 aromatic rings. The molecule has 0 aliphatic rings. The minimum absolute atomic E-state index is 0.0280. The molecule has 0 bridgehead atoms. The lowest BCUT2D eigenvalue weighted by molar-refractivity contribution is -0.0498. The Morgan fingerprint density at radius 3 is 2.25 bits per heavy atom. The molecule has 0 aliphatic carbocycles. The van der Waals surface area contributed by atoms with E-state index in [1.54, 1.807) is 12.1 Å². The zero-order valence-corrected chi connectivity index (χ0v) is 14.5. The van der Waals surface area contributed by atoms with Gasteiger partial charge < -0.3 is 20.2 Å². The summed E-state index contributed by atoms with van der Waals surface area (Å²) in [4.78, 5) is 22.2. The van der Waals surface area contributed by atoms with E-state index in [0.29, 0.717) is 11.8 Å². The highest BCUT2D eigenvalue weighted by Crippen LogP contribution is 2.25. The Labute approximate surface area is 158 Å². The number of nitrogens with one attached hydrogen (secondary N) is 1. The van der Waals surface area contributed by atoms with E-state index in [0.717, 1.165) is 16.8 Å². The van der Waals surface area contributed by atoms with Crippen molar-refractivity contribution in [1.29, 1.82) is 0 Å². The predicted octanol–water partition coefficient (Wildman–Crippen LogP) is 4.07. The number of hydrogen-bond acceptors (Lipinski definition) is 5. The average molecular weight is 386 g/mol. The van der Waals surface area contributed by atoms with E-state index < -0.39 is 12.5 Å².